The van der Waals surface area contributed by atoms with E-state index in [0.29, 0.717) is 25.1 Å². The van der Waals surface area contributed by atoms with Crippen molar-refractivity contribution >= 4 is 5.91 Å². The molecule has 1 unspecified atom stereocenters. The van der Waals surface area contributed by atoms with Gasteiger partial charge < -0.3 is 9.64 Å². The fourth-order valence-corrected chi connectivity index (χ4v) is 3.68. The van der Waals surface area contributed by atoms with Crippen LogP contribution in [-0.4, -0.2) is 50.9 Å². The normalized spacial score (nSPS) is 16.6. The molecule has 0 bridgehead atoms. The van der Waals surface area contributed by atoms with Crippen molar-refractivity contribution in [1.29, 1.82) is 0 Å². The third-order valence-corrected chi connectivity index (χ3v) is 5.41. The maximum atomic E-state index is 12.8. The number of carbonyl (C=O) groups excluding carboxylic acids is 1. The fourth-order valence-electron chi connectivity index (χ4n) is 3.68. The second-order valence-electron chi connectivity index (χ2n) is 7.59. The highest BCUT2D eigenvalue weighted by Gasteiger charge is 2.31. The molecule has 1 atom stereocenters. The predicted octanol–water partition coefficient (Wildman–Crippen LogP) is 3.71. The van der Waals surface area contributed by atoms with Crippen molar-refractivity contribution in [3.05, 3.63) is 64.7 Å². The number of nitrogens with zero attached hydrogens (tertiary/aromatic N) is 3. The number of hydrogen-bond acceptors (Lipinski definition) is 4. The average molecular weight is 433 g/mol. The van der Waals surface area contributed by atoms with Crippen LogP contribution in [0, 0.1) is 6.92 Å². The Morgan fingerprint density at radius 3 is 2.87 bits per heavy atom. The van der Waals surface area contributed by atoms with Gasteiger partial charge in [0.2, 0.25) is 0 Å². The van der Waals surface area contributed by atoms with Crippen molar-refractivity contribution in [3.8, 4) is 5.75 Å². The number of aryl methyl sites for hydroxylation is 1. The summed E-state index contributed by atoms with van der Waals surface area (Å²) < 4.78 is 43.8. The summed E-state index contributed by atoms with van der Waals surface area (Å²) in [6.07, 6.45) is -1.56. The first-order chi connectivity index (χ1) is 14.8. The topological polar surface area (TPSA) is 86.9 Å². The summed E-state index contributed by atoms with van der Waals surface area (Å²) in [5.74, 6) is 0.263. The molecule has 3 aromatic rings. The standard InChI is InChI=1S/C21H22F3N5O2/c1-13-18(11-25-26-13)20(30)29-7-5-14(12-29)19-10-16(27-28-19)6-8-31-17-4-2-3-15(9-17)21(22,23)24/h2-4,9-11,14H,5-8,12H2,1H3,(H,25,26)(H,27,28). The molecule has 1 saturated heterocycles. The highest BCUT2D eigenvalue weighted by atomic mass is 19.4. The van der Waals surface area contributed by atoms with E-state index in [4.69, 9.17) is 4.74 Å². The van der Waals surface area contributed by atoms with Gasteiger partial charge in [-0.05, 0) is 37.6 Å². The zero-order valence-electron chi connectivity index (χ0n) is 16.9. The van der Waals surface area contributed by atoms with Gasteiger partial charge in [0.1, 0.15) is 5.75 Å². The summed E-state index contributed by atoms with van der Waals surface area (Å²) in [6.45, 7) is 3.26. The molecule has 31 heavy (non-hydrogen) atoms. The summed E-state index contributed by atoms with van der Waals surface area (Å²) in [7, 11) is 0. The Balaban J connectivity index is 1.30. The van der Waals surface area contributed by atoms with Gasteiger partial charge in [0, 0.05) is 36.8 Å². The Bertz CT molecular complexity index is 1060. The molecule has 164 valence electrons. The van der Waals surface area contributed by atoms with E-state index in [2.05, 4.69) is 20.4 Å². The molecule has 2 aromatic heterocycles. The zero-order chi connectivity index (χ0) is 22.0. The number of rotatable bonds is 6. The molecule has 1 aliphatic rings. The number of ether oxygens (including phenoxy) is 1. The Labute approximate surface area is 176 Å². The van der Waals surface area contributed by atoms with Gasteiger partial charge in [0.25, 0.3) is 5.91 Å². The lowest BCUT2D eigenvalue weighted by atomic mass is 10.0. The van der Waals surface area contributed by atoms with E-state index in [1.807, 2.05) is 13.0 Å². The van der Waals surface area contributed by atoms with Crippen molar-refractivity contribution in [2.45, 2.75) is 31.9 Å². The van der Waals surface area contributed by atoms with E-state index >= 15 is 0 Å². The van der Waals surface area contributed by atoms with Crippen LogP contribution in [0.25, 0.3) is 0 Å². The molecule has 10 heteroatoms. The summed E-state index contributed by atoms with van der Waals surface area (Å²) in [4.78, 5) is 14.4. The van der Waals surface area contributed by atoms with Crippen LogP contribution in [0.4, 0.5) is 13.2 Å². The maximum Gasteiger partial charge on any atom is 0.416 e. The summed E-state index contributed by atoms with van der Waals surface area (Å²) >= 11 is 0. The largest absolute Gasteiger partial charge is 0.493 e. The highest BCUT2D eigenvalue weighted by molar-refractivity contribution is 5.95. The molecule has 4 rings (SSSR count). The minimum atomic E-state index is -4.40. The first kappa shape index (κ1) is 21.0. The van der Waals surface area contributed by atoms with Crippen molar-refractivity contribution in [3.63, 3.8) is 0 Å². The van der Waals surface area contributed by atoms with Crippen molar-refractivity contribution in [2.24, 2.45) is 0 Å². The number of alkyl halides is 3. The number of halogens is 3. The zero-order valence-corrected chi connectivity index (χ0v) is 16.9. The number of likely N-dealkylation sites (tertiary alicyclic amines) is 1. The molecule has 1 fully saturated rings. The molecule has 1 amide bonds. The van der Waals surface area contributed by atoms with Crippen LogP contribution in [0.1, 0.15) is 45.3 Å². The van der Waals surface area contributed by atoms with Gasteiger partial charge in [-0.3, -0.25) is 15.0 Å². The van der Waals surface area contributed by atoms with Crippen LogP contribution in [0.3, 0.4) is 0 Å². The van der Waals surface area contributed by atoms with Gasteiger partial charge in [0.15, 0.2) is 0 Å². The number of nitrogens with one attached hydrogen (secondary N) is 2. The summed E-state index contributed by atoms with van der Waals surface area (Å²) in [6, 6.07) is 6.75. The number of hydrogen-bond donors (Lipinski definition) is 2. The second kappa shape index (κ2) is 8.44. The number of aromatic amines is 2. The van der Waals surface area contributed by atoms with Gasteiger partial charge >= 0.3 is 6.18 Å². The molecular formula is C21H22F3N5O2. The third kappa shape index (κ3) is 4.73. The van der Waals surface area contributed by atoms with Crippen LogP contribution in [0.2, 0.25) is 0 Å². The SMILES string of the molecule is Cc1[nH]ncc1C(=O)N1CCC(c2cc(CCOc3cccc(C(F)(F)F)c3)[nH]n2)C1. The average Bonchev–Trinajstić information content (AvgIpc) is 3.47. The van der Waals surface area contributed by atoms with Crippen LogP contribution >= 0.6 is 0 Å². The van der Waals surface area contributed by atoms with E-state index < -0.39 is 11.7 Å². The minimum absolute atomic E-state index is 0.0426. The molecule has 0 saturated carbocycles. The molecule has 0 radical (unpaired) electrons. The van der Waals surface area contributed by atoms with Gasteiger partial charge in [0.05, 0.1) is 29.6 Å². The summed E-state index contributed by atoms with van der Waals surface area (Å²) in [5.41, 5.74) is 2.29. The van der Waals surface area contributed by atoms with Crippen molar-refractivity contribution in [1.82, 2.24) is 25.3 Å². The Morgan fingerprint density at radius 1 is 1.29 bits per heavy atom. The van der Waals surface area contributed by atoms with E-state index in [1.54, 1.807) is 11.1 Å². The Kier molecular flexibility index (Phi) is 5.71. The molecule has 2 N–H and O–H groups in total. The van der Waals surface area contributed by atoms with Crippen LogP contribution < -0.4 is 4.74 Å². The maximum absolute atomic E-state index is 12.8. The van der Waals surface area contributed by atoms with Gasteiger partial charge in [-0.2, -0.15) is 23.4 Å². The number of amides is 1. The smallest absolute Gasteiger partial charge is 0.416 e. The van der Waals surface area contributed by atoms with Crippen molar-refractivity contribution in [2.75, 3.05) is 19.7 Å². The highest BCUT2D eigenvalue weighted by Crippen LogP contribution is 2.31. The lowest BCUT2D eigenvalue weighted by Crippen LogP contribution is -2.28. The monoisotopic (exact) mass is 433 g/mol. The van der Waals surface area contributed by atoms with Crippen LogP contribution in [0.5, 0.6) is 5.75 Å². The summed E-state index contributed by atoms with van der Waals surface area (Å²) in [5, 5.41) is 14.0. The lowest BCUT2D eigenvalue weighted by Gasteiger charge is -2.15. The lowest BCUT2D eigenvalue weighted by molar-refractivity contribution is -0.137. The Morgan fingerprint density at radius 2 is 2.13 bits per heavy atom. The van der Waals surface area contributed by atoms with Crippen LogP contribution in [-0.2, 0) is 12.6 Å². The van der Waals surface area contributed by atoms with E-state index in [-0.39, 0.29) is 24.2 Å². The predicted molar refractivity (Wildman–Crippen MR) is 106 cm³/mol. The molecular weight excluding hydrogens is 411 g/mol. The third-order valence-electron chi connectivity index (χ3n) is 5.41. The number of carbonyl (C=O) groups is 1. The molecule has 7 nitrogen and oxygen atoms in total. The Hall–Kier alpha value is -3.30. The molecule has 0 spiro atoms. The quantitative estimate of drug-likeness (QED) is 0.621. The molecule has 1 aliphatic heterocycles. The number of aromatic nitrogens is 4. The van der Waals surface area contributed by atoms with Gasteiger partial charge in [-0.15, -0.1) is 0 Å². The first-order valence-corrected chi connectivity index (χ1v) is 9.95. The molecule has 3 heterocycles. The van der Waals surface area contributed by atoms with E-state index in [9.17, 15) is 18.0 Å². The van der Waals surface area contributed by atoms with E-state index in [1.165, 1.54) is 12.1 Å². The van der Waals surface area contributed by atoms with Crippen LogP contribution in [0.15, 0.2) is 36.5 Å². The fraction of sp³-hybridized carbons (Fsp3) is 0.381. The molecule has 0 aliphatic carbocycles. The first-order valence-electron chi connectivity index (χ1n) is 9.95. The van der Waals surface area contributed by atoms with E-state index in [0.717, 1.165) is 35.6 Å². The minimum Gasteiger partial charge on any atom is -0.493 e. The van der Waals surface area contributed by atoms with Crippen molar-refractivity contribution < 1.29 is 22.7 Å². The number of H-pyrrole nitrogens is 2. The number of benzene rings is 1. The van der Waals surface area contributed by atoms with Gasteiger partial charge in [-0.25, -0.2) is 0 Å². The van der Waals surface area contributed by atoms with Gasteiger partial charge in [-0.1, -0.05) is 6.07 Å². The second-order valence-corrected chi connectivity index (χ2v) is 7.59. The molecule has 1 aromatic carbocycles.